The molecule has 10 heavy (non-hydrogen) atoms. The number of para-hydroxylation sites is 2. The van der Waals surface area contributed by atoms with Crippen LogP contribution in [0.5, 0.6) is 0 Å². The van der Waals surface area contributed by atoms with Crippen LogP contribution in [0.3, 0.4) is 0 Å². The first kappa shape index (κ1) is 8.08. The summed E-state index contributed by atoms with van der Waals surface area (Å²) in [6.45, 7) is 0. The van der Waals surface area contributed by atoms with Crippen molar-refractivity contribution in [3.63, 3.8) is 0 Å². The van der Waals surface area contributed by atoms with Crippen LogP contribution < -0.4 is 0 Å². The van der Waals surface area contributed by atoms with Crippen LogP contribution in [0.2, 0.25) is 0 Å². The molecule has 1 N–H and O–H groups in total. The van der Waals surface area contributed by atoms with E-state index in [1.54, 1.807) is 6.33 Å². The third kappa shape index (κ3) is 1.35. The minimum atomic E-state index is 0. The van der Waals surface area contributed by atoms with Crippen molar-refractivity contribution in [2.75, 3.05) is 0 Å². The van der Waals surface area contributed by atoms with Gasteiger partial charge in [0.05, 0.1) is 17.4 Å². The van der Waals surface area contributed by atoms with Gasteiger partial charge in [0, 0.05) is 38.6 Å². The predicted octanol–water partition coefficient (Wildman–Crippen LogP) is 1.56. The van der Waals surface area contributed by atoms with Crippen molar-refractivity contribution in [2.24, 2.45) is 0 Å². The number of aromatic amines is 1. The molecule has 0 fully saturated rings. The first-order valence-corrected chi connectivity index (χ1v) is 2.85. The third-order valence-electron chi connectivity index (χ3n) is 1.33. The smallest absolute Gasteiger partial charge is 0.0931 e. The molecule has 1 radical (unpaired) electrons. The fraction of sp³-hybridized carbons (Fsp3) is 0. The molecule has 0 amide bonds. The second kappa shape index (κ2) is 3.39. The van der Waals surface area contributed by atoms with Gasteiger partial charge in [-0.1, -0.05) is 12.1 Å². The Hall–Kier alpha value is -0.0243. The molecular formula is C7H6N2Tb. The Morgan fingerprint density at radius 3 is 2.80 bits per heavy atom. The zero-order valence-corrected chi connectivity index (χ0v) is 7.31. The first-order valence-electron chi connectivity index (χ1n) is 2.85. The second-order valence-corrected chi connectivity index (χ2v) is 1.92. The zero-order chi connectivity index (χ0) is 6.10. The SMILES string of the molecule is [Tb].c1ccc2[nH]cnc2c1. The van der Waals surface area contributed by atoms with Gasteiger partial charge in [0.1, 0.15) is 0 Å². The molecule has 2 rings (SSSR count). The molecule has 3 heteroatoms. The van der Waals surface area contributed by atoms with Crippen molar-refractivity contribution in [1.82, 2.24) is 9.97 Å². The van der Waals surface area contributed by atoms with Gasteiger partial charge in [0.15, 0.2) is 0 Å². The molecule has 1 aromatic carbocycles. The average molecular weight is 277 g/mol. The van der Waals surface area contributed by atoms with Crippen molar-refractivity contribution < 1.29 is 38.6 Å². The molecule has 0 saturated carbocycles. The Morgan fingerprint density at radius 2 is 2.00 bits per heavy atom. The first-order chi connectivity index (χ1) is 4.47. The summed E-state index contributed by atoms with van der Waals surface area (Å²) in [4.78, 5) is 7.07. The summed E-state index contributed by atoms with van der Waals surface area (Å²) in [5.74, 6) is 0. The van der Waals surface area contributed by atoms with Crippen LogP contribution in [0.25, 0.3) is 11.0 Å². The summed E-state index contributed by atoms with van der Waals surface area (Å²) in [5, 5.41) is 0. The maximum Gasteiger partial charge on any atom is 0.0931 e. The molecule has 0 saturated heterocycles. The van der Waals surface area contributed by atoms with E-state index < -0.39 is 0 Å². The van der Waals surface area contributed by atoms with Crippen molar-refractivity contribution in [1.29, 1.82) is 0 Å². The quantitative estimate of drug-likeness (QED) is 0.778. The van der Waals surface area contributed by atoms with Crippen LogP contribution in [0.1, 0.15) is 0 Å². The van der Waals surface area contributed by atoms with Crippen molar-refractivity contribution >= 4 is 11.0 Å². The molecule has 0 atom stereocenters. The molecule has 0 aliphatic heterocycles. The van der Waals surface area contributed by atoms with Gasteiger partial charge in [-0.2, -0.15) is 0 Å². The molecule has 0 bridgehead atoms. The van der Waals surface area contributed by atoms with Crippen molar-refractivity contribution in [2.45, 2.75) is 0 Å². The number of hydrogen-bond donors (Lipinski definition) is 1. The van der Waals surface area contributed by atoms with Gasteiger partial charge in [-0.3, -0.25) is 0 Å². The fourth-order valence-corrected chi connectivity index (χ4v) is 0.880. The maximum absolute atomic E-state index is 4.06. The van der Waals surface area contributed by atoms with E-state index >= 15 is 0 Å². The summed E-state index contributed by atoms with van der Waals surface area (Å²) in [7, 11) is 0. The van der Waals surface area contributed by atoms with E-state index in [2.05, 4.69) is 9.97 Å². The Balaban J connectivity index is 0.000000500. The van der Waals surface area contributed by atoms with Gasteiger partial charge in [0.2, 0.25) is 0 Å². The number of H-pyrrole nitrogens is 1. The van der Waals surface area contributed by atoms with Gasteiger partial charge < -0.3 is 4.98 Å². The summed E-state index contributed by atoms with van der Waals surface area (Å²) in [6.07, 6.45) is 1.70. The van der Waals surface area contributed by atoms with Crippen LogP contribution in [0.15, 0.2) is 30.6 Å². The van der Waals surface area contributed by atoms with Gasteiger partial charge in [-0.15, -0.1) is 0 Å². The average Bonchev–Trinajstić information content (AvgIpc) is 2.33. The Labute approximate surface area is 89.5 Å². The normalized spacial score (nSPS) is 9.20. The van der Waals surface area contributed by atoms with E-state index in [-0.39, 0.29) is 38.6 Å². The standard InChI is InChI=1S/C7H6N2.Tb/c1-2-4-7-6(3-1)8-5-9-7;/h1-5H,(H,8,9);. The van der Waals surface area contributed by atoms with E-state index in [0.29, 0.717) is 0 Å². The van der Waals surface area contributed by atoms with Crippen molar-refractivity contribution in [3.05, 3.63) is 30.6 Å². The minimum Gasteiger partial charge on any atom is -0.345 e. The Morgan fingerprint density at radius 1 is 1.20 bits per heavy atom. The topological polar surface area (TPSA) is 28.7 Å². The summed E-state index contributed by atoms with van der Waals surface area (Å²) in [5.41, 5.74) is 2.12. The summed E-state index contributed by atoms with van der Waals surface area (Å²) >= 11 is 0. The minimum absolute atomic E-state index is 0. The number of aromatic nitrogens is 2. The number of hydrogen-bond acceptors (Lipinski definition) is 1. The van der Waals surface area contributed by atoms with E-state index in [1.165, 1.54) is 0 Å². The van der Waals surface area contributed by atoms with Crippen LogP contribution in [0, 0.1) is 38.6 Å². The molecule has 0 spiro atoms. The van der Waals surface area contributed by atoms with Crippen LogP contribution in [0.4, 0.5) is 0 Å². The van der Waals surface area contributed by atoms with E-state index in [0.717, 1.165) is 11.0 Å². The van der Waals surface area contributed by atoms with Gasteiger partial charge in [-0.05, 0) is 12.1 Å². The zero-order valence-electron chi connectivity index (χ0n) is 5.17. The summed E-state index contributed by atoms with van der Waals surface area (Å²) in [6, 6.07) is 7.94. The second-order valence-electron chi connectivity index (χ2n) is 1.92. The molecule has 2 nitrogen and oxygen atoms in total. The fourth-order valence-electron chi connectivity index (χ4n) is 0.880. The van der Waals surface area contributed by atoms with Crippen molar-refractivity contribution in [3.8, 4) is 0 Å². The van der Waals surface area contributed by atoms with Gasteiger partial charge in [-0.25, -0.2) is 4.98 Å². The molecule has 0 unspecified atom stereocenters. The van der Waals surface area contributed by atoms with Gasteiger partial charge in [0.25, 0.3) is 0 Å². The number of fused-ring (bicyclic) bond motifs is 1. The largest absolute Gasteiger partial charge is 0.345 e. The Bertz CT molecular complexity index is 286. The molecule has 0 aliphatic rings. The molecule has 1 aromatic heterocycles. The third-order valence-corrected chi connectivity index (χ3v) is 1.33. The number of rotatable bonds is 0. The molecule has 2 aromatic rings. The molecule has 53 valence electrons. The molecule has 1 heterocycles. The number of benzene rings is 1. The number of imidazole rings is 1. The maximum atomic E-state index is 4.06. The number of nitrogens with zero attached hydrogens (tertiary/aromatic N) is 1. The predicted molar refractivity (Wildman–Crippen MR) is 36.1 cm³/mol. The van der Waals surface area contributed by atoms with Gasteiger partial charge >= 0.3 is 0 Å². The van der Waals surface area contributed by atoms with E-state index in [1.807, 2.05) is 24.3 Å². The Kier molecular flexibility index (Phi) is 2.74. The number of nitrogens with one attached hydrogen (secondary N) is 1. The van der Waals surface area contributed by atoms with E-state index in [4.69, 9.17) is 0 Å². The monoisotopic (exact) mass is 277 g/mol. The van der Waals surface area contributed by atoms with Crippen LogP contribution in [-0.4, -0.2) is 9.97 Å². The summed E-state index contributed by atoms with van der Waals surface area (Å²) < 4.78 is 0. The van der Waals surface area contributed by atoms with E-state index in [9.17, 15) is 0 Å². The molecular weight excluding hydrogens is 271 g/mol. The molecule has 0 aliphatic carbocycles. The van der Waals surface area contributed by atoms with Crippen LogP contribution in [-0.2, 0) is 0 Å². The van der Waals surface area contributed by atoms with Crippen LogP contribution >= 0.6 is 0 Å².